The Balaban J connectivity index is 1.85. The highest BCUT2D eigenvalue weighted by Crippen LogP contribution is 2.32. The van der Waals surface area contributed by atoms with Crippen LogP contribution in [0.4, 0.5) is 11.5 Å². The predicted octanol–water partition coefficient (Wildman–Crippen LogP) is 2.12. The van der Waals surface area contributed by atoms with Crippen molar-refractivity contribution in [1.29, 1.82) is 0 Å². The number of hydrogen-bond acceptors (Lipinski definition) is 4. The Morgan fingerprint density at radius 3 is 2.73 bits per heavy atom. The quantitative estimate of drug-likeness (QED) is 0.832. The first-order valence-electron chi connectivity index (χ1n) is 6.83. The van der Waals surface area contributed by atoms with Gasteiger partial charge in [-0.05, 0) is 38.1 Å². The molecule has 1 atom stereocenters. The molecule has 6 nitrogen and oxygen atoms in total. The van der Waals surface area contributed by atoms with Crippen molar-refractivity contribution in [3.63, 3.8) is 0 Å². The average molecular weight is 297 g/mol. The Hall–Kier alpha value is -2.89. The molecule has 0 unspecified atom stereocenters. The molecule has 1 aromatic heterocycles. The van der Waals surface area contributed by atoms with Gasteiger partial charge in [0.15, 0.2) is 11.6 Å². The number of pyridine rings is 1. The number of ether oxygens (including phenoxy) is 1. The summed E-state index contributed by atoms with van der Waals surface area (Å²) in [4.78, 5) is 28.7. The van der Waals surface area contributed by atoms with E-state index in [0.717, 1.165) is 5.56 Å². The molecule has 0 saturated heterocycles. The molecule has 112 valence electrons. The van der Waals surface area contributed by atoms with Gasteiger partial charge >= 0.3 is 0 Å². The Labute approximate surface area is 127 Å². The van der Waals surface area contributed by atoms with Gasteiger partial charge in [-0.3, -0.25) is 9.59 Å². The fraction of sp³-hybridized carbons (Fsp3) is 0.188. The molecule has 3 rings (SSSR count). The number of carbonyl (C=O) groups is 2. The van der Waals surface area contributed by atoms with Gasteiger partial charge in [0, 0.05) is 11.9 Å². The van der Waals surface area contributed by atoms with E-state index in [1.807, 2.05) is 19.1 Å². The van der Waals surface area contributed by atoms with Crippen LogP contribution in [0.3, 0.4) is 0 Å². The van der Waals surface area contributed by atoms with Crippen molar-refractivity contribution in [2.45, 2.75) is 19.4 Å². The van der Waals surface area contributed by atoms with E-state index < -0.39 is 17.4 Å². The zero-order valence-electron chi connectivity index (χ0n) is 12.2. The lowest BCUT2D eigenvalue weighted by molar-refractivity contribution is -0.143. The number of amides is 2. The number of hydrogen-bond donors (Lipinski definition) is 2. The SMILES string of the molecule is Cc1ccc(NC(=O)[C@]2(C)Oc3cccnc3NC2=O)cc1. The Bertz CT molecular complexity index is 743. The van der Waals surface area contributed by atoms with Crippen LogP contribution in [0.25, 0.3) is 0 Å². The molecule has 0 radical (unpaired) electrons. The topological polar surface area (TPSA) is 80.3 Å². The van der Waals surface area contributed by atoms with Crippen molar-refractivity contribution >= 4 is 23.3 Å². The standard InChI is InChI=1S/C16H15N3O3/c1-10-5-7-11(8-6-10)18-14(20)16(2)15(21)19-13-12(22-16)4-3-9-17-13/h3-9H,1-2H3,(H,18,20)(H,17,19,21)/t16-/m0/s1. The fourth-order valence-electron chi connectivity index (χ4n) is 2.10. The lowest BCUT2D eigenvalue weighted by Crippen LogP contribution is -2.56. The second kappa shape index (κ2) is 5.14. The van der Waals surface area contributed by atoms with E-state index in [4.69, 9.17) is 4.74 Å². The summed E-state index contributed by atoms with van der Waals surface area (Å²) in [5, 5.41) is 5.29. The normalized spacial score (nSPS) is 19.6. The minimum absolute atomic E-state index is 0.313. The van der Waals surface area contributed by atoms with Crippen LogP contribution in [0.15, 0.2) is 42.6 Å². The van der Waals surface area contributed by atoms with Gasteiger partial charge in [-0.25, -0.2) is 4.98 Å². The molecular weight excluding hydrogens is 282 g/mol. The highest BCUT2D eigenvalue weighted by Gasteiger charge is 2.47. The largest absolute Gasteiger partial charge is 0.464 e. The smallest absolute Gasteiger partial charge is 0.279 e. The predicted molar refractivity (Wildman–Crippen MR) is 81.7 cm³/mol. The van der Waals surface area contributed by atoms with Gasteiger partial charge in [0.25, 0.3) is 17.4 Å². The maximum absolute atomic E-state index is 12.5. The van der Waals surface area contributed by atoms with Crippen LogP contribution >= 0.6 is 0 Å². The number of nitrogens with one attached hydrogen (secondary N) is 2. The second-order valence-electron chi connectivity index (χ2n) is 5.26. The first-order valence-corrected chi connectivity index (χ1v) is 6.83. The molecule has 2 amide bonds. The minimum atomic E-state index is -1.65. The monoisotopic (exact) mass is 297 g/mol. The van der Waals surface area contributed by atoms with Gasteiger partial charge in [-0.1, -0.05) is 17.7 Å². The molecule has 2 aromatic rings. The van der Waals surface area contributed by atoms with Crippen molar-refractivity contribution in [1.82, 2.24) is 4.98 Å². The zero-order chi connectivity index (χ0) is 15.7. The molecule has 0 saturated carbocycles. The van der Waals surface area contributed by atoms with Crippen LogP contribution < -0.4 is 15.4 Å². The summed E-state index contributed by atoms with van der Waals surface area (Å²) in [6.45, 7) is 3.39. The summed E-state index contributed by atoms with van der Waals surface area (Å²) >= 11 is 0. The molecule has 1 aliphatic rings. The van der Waals surface area contributed by atoms with Crippen molar-refractivity contribution < 1.29 is 14.3 Å². The molecule has 0 bridgehead atoms. The van der Waals surface area contributed by atoms with Crippen LogP contribution in [0.1, 0.15) is 12.5 Å². The van der Waals surface area contributed by atoms with E-state index in [2.05, 4.69) is 15.6 Å². The number of aromatic nitrogens is 1. The number of rotatable bonds is 2. The molecule has 0 fully saturated rings. The number of fused-ring (bicyclic) bond motifs is 1. The lowest BCUT2D eigenvalue weighted by atomic mass is 10.0. The fourth-order valence-corrected chi connectivity index (χ4v) is 2.10. The summed E-state index contributed by atoms with van der Waals surface area (Å²) in [5.74, 6) is -0.413. The maximum atomic E-state index is 12.5. The van der Waals surface area contributed by atoms with Crippen LogP contribution in [0.2, 0.25) is 0 Å². The van der Waals surface area contributed by atoms with Gasteiger partial charge < -0.3 is 15.4 Å². The maximum Gasteiger partial charge on any atom is 0.279 e. The lowest BCUT2D eigenvalue weighted by Gasteiger charge is -2.32. The van der Waals surface area contributed by atoms with E-state index in [1.165, 1.54) is 13.1 Å². The summed E-state index contributed by atoms with van der Waals surface area (Å²) in [7, 11) is 0. The Morgan fingerprint density at radius 1 is 1.27 bits per heavy atom. The molecule has 0 aliphatic carbocycles. The number of anilines is 2. The van der Waals surface area contributed by atoms with Crippen molar-refractivity contribution in [2.24, 2.45) is 0 Å². The molecular formula is C16H15N3O3. The summed E-state index contributed by atoms with van der Waals surface area (Å²) in [5.41, 5.74) is 0.0297. The van der Waals surface area contributed by atoms with Gasteiger partial charge in [0.2, 0.25) is 0 Å². The van der Waals surface area contributed by atoms with E-state index in [0.29, 0.717) is 17.3 Å². The Morgan fingerprint density at radius 2 is 2.00 bits per heavy atom. The third kappa shape index (κ3) is 2.39. The van der Waals surface area contributed by atoms with Crippen molar-refractivity contribution in [3.8, 4) is 5.75 Å². The van der Waals surface area contributed by atoms with Gasteiger partial charge in [0.05, 0.1) is 0 Å². The molecule has 1 aliphatic heterocycles. The molecule has 2 N–H and O–H groups in total. The molecule has 22 heavy (non-hydrogen) atoms. The highest BCUT2D eigenvalue weighted by atomic mass is 16.5. The van der Waals surface area contributed by atoms with Crippen LogP contribution in [-0.2, 0) is 9.59 Å². The number of nitrogens with zero attached hydrogens (tertiary/aromatic N) is 1. The third-order valence-electron chi connectivity index (χ3n) is 3.49. The number of benzene rings is 1. The first kappa shape index (κ1) is 14.1. The van der Waals surface area contributed by atoms with Gasteiger partial charge in [-0.2, -0.15) is 0 Å². The molecule has 0 spiro atoms. The minimum Gasteiger partial charge on any atom is -0.464 e. The van der Waals surface area contributed by atoms with Crippen LogP contribution in [0.5, 0.6) is 5.75 Å². The summed E-state index contributed by atoms with van der Waals surface area (Å²) in [6, 6.07) is 10.6. The van der Waals surface area contributed by atoms with E-state index in [9.17, 15) is 9.59 Å². The number of aryl methyl sites for hydroxylation is 1. The van der Waals surface area contributed by atoms with Crippen LogP contribution in [0, 0.1) is 6.92 Å². The van der Waals surface area contributed by atoms with Crippen molar-refractivity contribution in [2.75, 3.05) is 10.6 Å². The van der Waals surface area contributed by atoms with Crippen molar-refractivity contribution in [3.05, 3.63) is 48.2 Å². The van der Waals surface area contributed by atoms with Crippen LogP contribution in [-0.4, -0.2) is 22.4 Å². The van der Waals surface area contributed by atoms with E-state index in [-0.39, 0.29) is 0 Å². The van der Waals surface area contributed by atoms with E-state index >= 15 is 0 Å². The van der Waals surface area contributed by atoms with E-state index in [1.54, 1.807) is 24.3 Å². The zero-order valence-corrected chi connectivity index (χ0v) is 12.2. The second-order valence-corrected chi connectivity index (χ2v) is 5.26. The Kier molecular flexibility index (Phi) is 3.29. The third-order valence-corrected chi connectivity index (χ3v) is 3.49. The molecule has 6 heteroatoms. The van der Waals surface area contributed by atoms with Gasteiger partial charge in [-0.15, -0.1) is 0 Å². The average Bonchev–Trinajstić information content (AvgIpc) is 2.50. The summed E-state index contributed by atoms with van der Waals surface area (Å²) < 4.78 is 5.60. The first-order chi connectivity index (χ1) is 10.5. The van der Waals surface area contributed by atoms with Gasteiger partial charge in [0.1, 0.15) is 0 Å². The molecule has 1 aromatic carbocycles. The summed E-state index contributed by atoms with van der Waals surface area (Å²) in [6.07, 6.45) is 1.54. The number of carbonyl (C=O) groups excluding carboxylic acids is 2. The highest BCUT2D eigenvalue weighted by molar-refractivity contribution is 6.18. The molecule has 2 heterocycles.